The Bertz CT molecular complexity index is 1100. The SMILES string of the molecule is O=C(N/N=C\c1ccc(Sc2nc3ccccc3[nH]2)o1)c1ccccc1Br. The zero-order chi connectivity index (χ0) is 18.6. The highest BCUT2D eigenvalue weighted by Gasteiger charge is 2.09. The summed E-state index contributed by atoms with van der Waals surface area (Å²) in [5.74, 6) is 0.225. The van der Waals surface area contributed by atoms with E-state index in [9.17, 15) is 4.79 Å². The van der Waals surface area contributed by atoms with Gasteiger partial charge in [-0.1, -0.05) is 24.3 Å². The van der Waals surface area contributed by atoms with E-state index in [1.165, 1.54) is 18.0 Å². The molecule has 2 aromatic carbocycles. The number of hydrazone groups is 1. The fourth-order valence-electron chi connectivity index (χ4n) is 2.39. The third kappa shape index (κ3) is 4.12. The number of H-pyrrole nitrogens is 1. The number of imidazole rings is 1. The first kappa shape index (κ1) is 17.6. The molecule has 4 aromatic rings. The molecule has 0 saturated carbocycles. The van der Waals surface area contributed by atoms with Crippen molar-refractivity contribution >= 4 is 50.8 Å². The number of furan rings is 1. The zero-order valence-electron chi connectivity index (χ0n) is 13.8. The van der Waals surface area contributed by atoms with Crippen molar-refractivity contribution in [3.63, 3.8) is 0 Å². The van der Waals surface area contributed by atoms with Crippen LogP contribution in [0.25, 0.3) is 11.0 Å². The Morgan fingerprint density at radius 2 is 1.96 bits per heavy atom. The van der Waals surface area contributed by atoms with Crippen LogP contribution in [0, 0.1) is 0 Å². The van der Waals surface area contributed by atoms with Gasteiger partial charge in [-0.05, 0) is 64.1 Å². The number of hydrogen-bond donors (Lipinski definition) is 2. The van der Waals surface area contributed by atoms with Crippen LogP contribution in [-0.2, 0) is 0 Å². The van der Waals surface area contributed by atoms with E-state index in [4.69, 9.17) is 4.42 Å². The van der Waals surface area contributed by atoms with E-state index in [0.717, 1.165) is 16.2 Å². The smallest absolute Gasteiger partial charge is 0.272 e. The molecule has 0 aliphatic rings. The Morgan fingerprint density at radius 1 is 1.15 bits per heavy atom. The van der Waals surface area contributed by atoms with Gasteiger partial charge in [0, 0.05) is 4.47 Å². The van der Waals surface area contributed by atoms with E-state index in [0.29, 0.717) is 20.9 Å². The Balaban J connectivity index is 1.39. The molecule has 0 unspecified atom stereocenters. The summed E-state index contributed by atoms with van der Waals surface area (Å²) in [4.78, 5) is 19.8. The molecule has 0 aliphatic heterocycles. The topological polar surface area (TPSA) is 83.3 Å². The highest BCUT2D eigenvalue weighted by Crippen LogP contribution is 2.28. The van der Waals surface area contributed by atoms with Crippen molar-refractivity contribution in [1.29, 1.82) is 0 Å². The first-order chi connectivity index (χ1) is 13.2. The zero-order valence-corrected chi connectivity index (χ0v) is 16.3. The van der Waals surface area contributed by atoms with Crippen molar-refractivity contribution in [2.45, 2.75) is 10.2 Å². The standard InChI is InChI=1S/C19H13BrN4O2S/c20-14-6-2-1-5-13(14)18(25)24-21-11-12-9-10-17(26-12)27-19-22-15-7-3-4-8-16(15)23-19/h1-11H,(H,22,23)(H,24,25)/b21-11-. The van der Waals surface area contributed by atoms with Gasteiger partial charge >= 0.3 is 0 Å². The molecular formula is C19H13BrN4O2S. The molecular weight excluding hydrogens is 428 g/mol. The largest absolute Gasteiger partial charge is 0.448 e. The average Bonchev–Trinajstić information content (AvgIpc) is 3.28. The highest BCUT2D eigenvalue weighted by molar-refractivity contribution is 9.10. The van der Waals surface area contributed by atoms with E-state index < -0.39 is 0 Å². The lowest BCUT2D eigenvalue weighted by Crippen LogP contribution is -2.17. The summed E-state index contributed by atoms with van der Waals surface area (Å²) in [7, 11) is 0. The van der Waals surface area contributed by atoms with E-state index in [-0.39, 0.29) is 5.91 Å². The number of fused-ring (bicyclic) bond motifs is 1. The van der Waals surface area contributed by atoms with Crippen LogP contribution in [0.4, 0.5) is 0 Å². The minimum atomic E-state index is -0.304. The van der Waals surface area contributed by atoms with Crippen molar-refractivity contribution in [3.8, 4) is 0 Å². The molecule has 27 heavy (non-hydrogen) atoms. The summed E-state index contributed by atoms with van der Waals surface area (Å²) in [5, 5.41) is 5.36. The molecule has 0 atom stereocenters. The summed E-state index contributed by atoms with van der Waals surface area (Å²) in [5.41, 5.74) is 4.87. The number of carbonyl (C=O) groups is 1. The van der Waals surface area contributed by atoms with Gasteiger partial charge in [-0.25, -0.2) is 10.4 Å². The number of nitrogens with zero attached hydrogens (tertiary/aromatic N) is 2. The average molecular weight is 441 g/mol. The number of benzene rings is 2. The van der Waals surface area contributed by atoms with Crippen LogP contribution in [0.3, 0.4) is 0 Å². The van der Waals surface area contributed by atoms with Gasteiger partial charge in [-0.2, -0.15) is 5.10 Å². The first-order valence-corrected chi connectivity index (χ1v) is 9.60. The fraction of sp³-hybridized carbons (Fsp3) is 0. The number of rotatable bonds is 5. The summed E-state index contributed by atoms with van der Waals surface area (Å²) in [6, 6.07) is 18.6. The van der Waals surface area contributed by atoms with Gasteiger partial charge in [0.2, 0.25) is 0 Å². The predicted octanol–water partition coefficient (Wildman–Crippen LogP) is 4.83. The molecule has 0 fully saturated rings. The van der Waals surface area contributed by atoms with Crippen LogP contribution in [0.15, 0.2) is 84.9 Å². The van der Waals surface area contributed by atoms with Gasteiger partial charge in [0.1, 0.15) is 5.76 Å². The van der Waals surface area contributed by atoms with Gasteiger partial charge in [0.25, 0.3) is 5.91 Å². The van der Waals surface area contributed by atoms with Crippen LogP contribution in [0.1, 0.15) is 16.1 Å². The number of nitrogens with one attached hydrogen (secondary N) is 2. The molecule has 0 radical (unpaired) electrons. The van der Waals surface area contributed by atoms with Gasteiger partial charge in [0.15, 0.2) is 10.2 Å². The second-order valence-corrected chi connectivity index (χ2v) is 7.34. The van der Waals surface area contributed by atoms with E-state index in [2.05, 4.69) is 36.4 Å². The minimum Gasteiger partial charge on any atom is -0.448 e. The van der Waals surface area contributed by atoms with Gasteiger partial charge in [-0.15, -0.1) is 0 Å². The summed E-state index contributed by atoms with van der Waals surface area (Å²) >= 11 is 4.72. The fourth-order valence-corrected chi connectivity index (χ4v) is 3.63. The Kier molecular flexibility index (Phi) is 5.08. The number of hydrogen-bond acceptors (Lipinski definition) is 5. The summed E-state index contributed by atoms with van der Waals surface area (Å²) in [6.45, 7) is 0. The molecule has 0 aliphatic carbocycles. The molecule has 134 valence electrons. The van der Waals surface area contributed by atoms with Gasteiger partial charge in [-0.3, -0.25) is 4.79 Å². The Hall–Kier alpha value is -2.84. The molecule has 2 heterocycles. The van der Waals surface area contributed by atoms with Gasteiger partial charge < -0.3 is 9.40 Å². The minimum absolute atomic E-state index is 0.304. The normalized spacial score (nSPS) is 11.3. The van der Waals surface area contributed by atoms with E-state index in [1.807, 2.05) is 36.4 Å². The molecule has 2 N–H and O–H groups in total. The maximum Gasteiger partial charge on any atom is 0.272 e. The number of halogens is 1. The second kappa shape index (κ2) is 7.81. The van der Waals surface area contributed by atoms with Crippen molar-refractivity contribution in [2.24, 2.45) is 5.10 Å². The highest BCUT2D eigenvalue weighted by atomic mass is 79.9. The van der Waals surface area contributed by atoms with E-state index in [1.54, 1.807) is 24.3 Å². The number of para-hydroxylation sites is 2. The van der Waals surface area contributed by atoms with Crippen LogP contribution in [-0.4, -0.2) is 22.1 Å². The molecule has 2 aromatic heterocycles. The van der Waals surface area contributed by atoms with Crippen LogP contribution in [0.5, 0.6) is 0 Å². The maximum absolute atomic E-state index is 12.1. The lowest BCUT2D eigenvalue weighted by molar-refractivity contribution is 0.0954. The quantitative estimate of drug-likeness (QED) is 0.343. The predicted molar refractivity (Wildman–Crippen MR) is 108 cm³/mol. The molecule has 0 spiro atoms. The number of carbonyl (C=O) groups excluding carboxylic acids is 1. The monoisotopic (exact) mass is 440 g/mol. The van der Waals surface area contributed by atoms with Crippen LogP contribution >= 0.6 is 27.7 Å². The lowest BCUT2D eigenvalue weighted by Gasteiger charge is -2.01. The van der Waals surface area contributed by atoms with Crippen LogP contribution < -0.4 is 5.43 Å². The summed E-state index contributed by atoms with van der Waals surface area (Å²) in [6.07, 6.45) is 1.46. The van der Waals surface area contributed by atoms with Crippen molar-refractivity contribution in [2.75, 3.05) is 0 Å². The van der Waals surface area contributed by atoms with Crippen LogP contribution in [0.2, 0.25) is 0 Å². The Labute approximate surface area is 167 Å². The molecule has 6 nitrogen and oxygen atoms in total. The third-order valence-corrected chi connectivity index (χ3v) is 5.14. The molecule has 0 saturated heterocycles. The maximum atomic E-state index is 12.1. The molecule has 8 heteroatoms. The molecule has 0 bridgehead atoms. The second-order valence-electron chi connectivity index (χ2n) is 5.50. The molecule has 4 rings (SSSR count). The van der Waals surface area contributed by atoms with Crippen molar-refractivity contribution < 1.29 is 9.21 Å². The number of aromatic nitrogens is 2. The molecule has 1 amide bonds. The van der Waals surface area contributed by atoms with Crippen molar-refractivity contribution in [3.05, 3.63) is 76.5 Å². The van der Waals surface area contributed by atoms with Crippen molar-refractivity contribution in [1.82, 2.24) is 15.4 Å². The third-order valence-electron chi connectivity index (χ3n) is 3.64. The Morgan fingerprint density at radius 3 is 2.81 bits per heavy atom. The first-order valence-electron chi connectivity index (χ1n) is 7.99. The lowest BCUT2D eigenvalue weighted by atomic mass is 10.2. The van der Waals surface area contributed by atoms with Gasteiger partial charge in [0.05, 0.1) is 22.8 Å². The number of amides is 1. The summed E-state index contributed by atoms with van der Waals surface area (Å²) < 4.78 is 6.40. The van der Waals surface area contributed by atoms with E-state index >= 15 is 0 Å². The number of aromatic amines is 1.